The van der Waals surface area contributed by atoms with E-state index in [1.807, 2.05) is 0 Å². The number of phenols is 1. The molecule has 4 atom stereocenters. The number of nitrogens with zero attached hydrogens (tertiary/aromatic N) is 1. The zero-order chi connectivity index (χ0) is 17.8. The zero-order valence-corrected chi connectivity index (χ0v) is 12.0. The molecule has 0 amide bonds. The molecule has 22 heavy (non-hydrogen) atoms. The minimum Gasteiger partial charge on any atom is -0.504 e. The molecule has 2 aliphatic carbocycles. The number of benzene rings is 1. The van der Waals surface area contributed by atoms with Crippen molar-refractivity contribution in [1.29, 1.82) is 0 Å². The number of aliphatic hydroxyl groups is 1. The lowest BCUT2D eigenvalue weighted by molar-refractivity contribution is -0.185. The number of rotatable bonds is 0. The van der Waals surface area contributed by atoms with Crippen molar-refractivity contribution in [3.05, 3.63) is 23.3 Å². The van der Waals surface area contributed by atoms with E-state index in [1.165, 1.54) is 11.0 Å². The molecule has 0 aromatic heterocycles. The van der Waals surface area contributed by atoms with Crippen LogP contribution >= 0.6 is 0 Å². The Morgan fingerprint density at radius 3 is 3.14 bits per heavy atom. The molecule has 1 aromatic carbocycles. The minimum absolute atomic E-state index is 0.0330. The van der Waals surface area contributed by atoms with Gasteiger partial charge in [0.1, 0.15) is 0 Å². The van der Waals surface area contributed by atoms with Gasteiger partial charge >= 0.3 is 0 Å². The second-order valence-corrected chi connectivity index (χ2v) is 6.97. The summed E-state index contributed by atoms with van der Waals surface area (Å²) in [5.41, 5.74) is -0.746. The van der Waals surface area contributed by atoms with Crippen molar-refractivity contribution in [2.75, 3.05) is 13.5 Å². The fourth-order valence-electron chi connectivity index (χ4n) is 5.33. The molecule has 5 heteroatoms. The van der Waals surface area contributed by atoms with E-state index in [4.69, 9.17) is 8.85 Å². The second-order valence-electron chi connectivity index (χ2n) is 6.97. The van der Waals surface area contributed by atoms with Gasteiger partial charge in [-0.25, -0.2) is 0 Å². The number of likely N-dealkylation sites (N-methyl/N-ethyl adjacent to an activating group) is 1. The molecule has 2 fully saturated rings. The molecular formula is C17H19NO4. The van der Waals surface area contributed by atoms with Crippen LogP contribution in [-0.2, 0) is 16.6 Å². The van der Waals surface area contributed by atoms with Crippen LogP contribution in [0.15, 0.2) is 12.1 Å². The van der Waals surface area contributed by atoms with E-state index in [-0.39, 0.29) is 36.7 Å². The summed E-state index contributed by atoms with van der Waals surface area (Å²) >= 11 is 0. The molecule has 2 heterocycles. The smallest absolute Gasteiger partial charge is 0.174 e. The molecule has 4 aliphatic rings. The largest absolute Gasteiger partial charge is 0.504 e. The maximum atomic E-state index is 12.6. The fourth-order valence-corrected chi connectivity index (χ4v) is 5.33. The van der Waals surface area contributed by atoms with Gasteiger partial charge in [0.05, 0.1) is 11.0 Å². The number of Topliss-reactive ketones (excluding diaryl/α,β-unsaturated/α-hetero) is 1. The predicted molar refractivity (Wildman–Crippen MR) is 78.1 cm³/mol. The van der Waals surface area contributed by atoms with E-state index in [1.54, 1.807) is 6.07 Å². The van der Waals surface area contributed by atoms with E-state index in [0.29, 0.717) is 12.8 Å². The van der Waals surface area contributed by atoms with Crippen LogP contribution in [0.25, 0.3) is 0 Å². The SMILES string of the molecule is [2H]C([2H])([2H])N1CC[C@]23c4c5ccc(O)c4O[C@H]2C(=O)CC[C@@]3(O)[C@@H]1C5. The number of phenolic OH excluding ortho intramolecular Hbond substituents is 1. The quantitative estimate of drug-likeness (QED) is 0.740. The molecule has 1 aromatic rings. The van der Waals surface area contributed by atoms with Crippen LogP contribution in [0.5, 0.6) is 11.5 Å². The molecule has 2 N–H and O–H groups in total. The van der Waals surface area contributed by atoms with E-state index >= 15 is 0 Å². The summed E-state index contributed by atoms with van der Waals surface area (Å²) < 4.78 is 29.5. The number of ketones is 1. The average Bonchev–Trinajstić information content (AvgIpc) is 2.87. The van der Waals surface area contributed by atoms with Crippen LogP contribution in [0.3, 0.4) is 0 Å². The predicted octanol–water partition coefficient (Wildman–Crippen LogP) is 0.745. The van der Waals surface area contributed by atoms with E-state index < -0.39 is 30.1 Å². The summed E-state index contributed by atoms with van der Waals surface area (Å²) in [7, 11) is 0. The average molecular weight is 304 g/mol. The van der Waals surface area contributed by atoms with Crippen molar-refractivity contribution >= 4 is 5.78 Å². The molecule has 5 rings (SSSR count). The Balaban J connectivity index is 1.80. The third-order valence-corrected chi connectivity index (χ3v) is 6.26. The molecule has 0 radical (unpaired) electrons. The standard InChI is InChI=1S/C17H19NO4/c1-18-7-6-16-13-9-2-3-10(19)14(13)22-15(16)11(20)4-5-17(16,21)12(18)8-9/h2-3,12,15,19,21H,4-8H2,1H3/t12-,15-,16-,17+/m0/s1/i1D3. The first-order chi connectivity index (χ1) is 11.7. The third-order valence-electron chi connectivity index (χ3n) is 6.26. The summed E-state index contributed by atoms with van der Waals surface area (Å²) in [6, 6.07) is 2.68. The van der Waals surface area contributed by atoms with Gasteiger partial charge in [0.2, 0.25) is 0 Å². The zero-order valence-electron chi connectivity index (χ0n) is 15.0. The van der Waals surface area contributed by atoms with Crippen LogP contribution in [-0.4, -0.2) is 52.2 Å². The first kappa shape index (κ1) is 10.2. The number of hydrogen-bond donors (Lipinski definition) is 2. The Hall–Kier alpha value is -1.59. The van der Waals surface area contributed by atoms with Crippen molar-refractivity contribution in [2.45, 2.75) is 48.8 Å². The van der Waals surface area contributed by atoms with Crippen LogP contribution in [0.4, 0.5) is 0 Å². The van der Waals surface area contributed by atoms with Crippen molar-refractivity contribution in [1.82, 2.24) is 4.90 Å². The summed E-state index contributed by atoms with van der Waals surface area (Å²) in [4.78, 5) is 14.0. The number of hydrogen-bond acceptors (Lipinski definition) is 5. The van der Waals surface area contributed by atoms with Gasteiger partial charge in [-0.3, -0.25) is 4.79 Å². The first-order valence-electron chi connectivity index (χ1n) is 9.24. The lowest BCUT2D eigenvalue weighted by Gasteiger charge is -2.61. The van der Waals surface area contributed by atoms with E-state index in [0.717, 1.165) is 11.1 Å². The number of piperidine rings is 1. The molecular weight excluding hydrogens is 282 g/mol. The van der Waals surface area contributed by atoms with Crippen LogP contribution in [0, 0.1) is 0 Å². The summed E-state index contributed by atoms with van der Waals surface area (Å²) in [5, 5.41) is 22.0. The Kier molecular flexibility index (Phi) is 1.70. The number of carbonyl (C=O) groups is 1. The number of likely N-dealkylation sites (tertiary alicyclic amines) is 1. The number of ether oxygens (including phenoxy) is 1. The highest BCUT2D eigenvalue weighted by Gasteiger charge is 2.72. The van der Waals surface area contributed by atoms with Crippen molar-refractivity contribution in [3.8, 4) is 11.5 Å². The Morgan fingerprint density at radius 2 is 2.32 bits per heavy atom. The van der Waals surface area contributed by atoms with Gasteiger partial charge < -0.3 is 19.8 Å². The molecule has 116 valence electrons. The van der Waals surface area contributed by atoms with Crippen molar-refractivity contribution in [3.63, 3.8) is 0 Å². The van der Waals surface area contributed by atoms with Crippen molar-refractivity contribution in [2.24, 2.45) is 0 Å². The lowest BCUT2D eigenvalue weighted by Crippen LogP contribution is -2.76. The number of carbonyl (C=O) groups excluding carboxylic acids is 1. The summed E-state index contributed by atoms with van der Waals surface area (Å²) in [6.07, 6.45) is 0.201. The first-order valence-corrected chi connectivity index (χ1v) is 7.74. The molecule has 5 nitrogen and oxygen atoms in total. The monoisotopic (exact) mass is 304 g/mol. The van der Waals surface area contributed by atoms with Gasteiger partial charge in [-0.2, -0.15) is 0 Å². The third kappa shape index (κ3) is 1.13. The Bertz CT molecular complexity index is 810. The maximum absolute atomic E-state index is 12.6. The minimum atomic E-state index is -2.31. The van der Waals surface area contributed by atoms with Gasteiger partial charge in [0.15, 0.2) is 23.4 Å². The molecule has 1 saturated carbocycles. The highest BCUT2D eigenvalue weighted by Crippen LogP contribution is 2.64. The second kappa shape index (κ2) is 3.66. The van der Waals surface area contributed by atoms with Gasteiger partial charge in [0.25, 0.3) is 0 Å². The number of aromatic hydroxyl groups is 1. The molecule has 0 unspecified atom stereocenters. The fraction of sp³-hybridized carbons (Fsp3) is 0.588. The van der Waals surface area contributed by atoms with Gasteiger partial charge in [0, 0.05) is 22.1 Å². The summed E-state index contributed by atoms with van der Waals surface area (Å²) in [5.74, 6) is 0.167. The van der Waals surface area contributed by atoms with Crippen molar-refractivity contribution < 1.29 is 23.9 Å². The van der Waals surface area contributed by atoms with E-state index in [2.05, 4.69) is 0 Å². The Labute approximate surface area is 132 Å². The highest BCUT2D eigenvalue weighted by atomic mass is 16.5. The van der Waals surface area contributed by atoms with E-state index in [9.17, 15) is 15.0 Å². The topological polar surface area (TPSA) is 70.0 Å². The lowest BCUT2D eigenvalue weighted by atomic mass is 9.49. The molecule has 2 bridgehead atoms. The van der Waals surface area contributed by atoms with Crippen LogP contribution in [0.1, 0.15) is 34.5 Å². The van der Waals surface area contributed by atoms with Crippen LogP contribution in [0.2, 0.25) is 0 Å². The maximum Gasteiger partial charge on any atom is 0.174 e. The Morgan fingerprint density at radius 1 is 1.45 bits per heavy atom. The van der Waals surface area contributed by atoms with Gasteiger partial charge in [-0.1, -0.05) is 6.07 Å². The molecule has 1 spiro atoms. The van der Waals surface area contributed by atoms with Gasteiger partial charge in [-0.05, 0) is 44.4 Å². The van der Waals surface area contributed by atoms with Crippen LogP contribution < -0.4 is 4.74 Å². The molecule has 1 saturated heterocycles. The highest BCUT2D eigenvalue weighted by molar-refractivity contribution is 5.90. The molecule has 2 aliphatic heterocycles. The van der Waals surface area contributed by atoms with Gasteiger partial charge in [-0.15, -0.1) is 0 Å². The summed E-state index contributed by atoms with van der Waals surface area (Å²) in [6.45, 7) is -2.05. The normalized spacial score (nSPS) is 44.6.